The zero-order chi connectivity index (χ0) is 30.5. The topological polar surface area (TPSA) is 130 Å². The Labute approximate surface area is 249 Å². The third kappa shape index (κ3) is 6.56. The van der Waals surface area contributed by atoms with Crippen molar-refractivity contribution in [1.29, 1.82) is 0 Å². The van der Waals surface area contributed by atoms with Gasteiger partial charge in [-0.15, -0.1) is 5.10 Å². The van der Waals surface area contributed by atoms with Crippen LogP contribution in [0.5, 0.6) is 0 Å². The van der Waals surface area contributed by atoms with Gasteiger partial charge in [-0.25, -0.2) is 19.5 Å². The van der Waals surface area contributed by atoms with Crippen molar-refractivity contribution in [2.75, 3.05) is 63.1 Å². The van der Waals surface area contributed by atoms with Crippen LogP contribution in [0.15, 0.2) is 63.8 Å². The number of methoxy groups -OCH3 is 2. The summed E-state index contributed by atoms with van der Waals surface area (Å²) in [5.41, 5.74) is 9.40. The minimum absolute atomic E-state index is 0.262. The first-order valence-corrected chi connectivity index (χ1v) is 14.0. The monoisotopic (exact) mass is 585 g/mol. The van der Waals surface area contributed by atoms with E-state index in [-0.39, 0.29) is 11.9 Å². The van der Waals surface area contributed by atoms with Gasteiger partial charge in [0.2, 0.25) is 5.89 Å². The molecule has 0 bridgehead atoms. The molecule has 0 saturated carbocycles. The Kier molecular flexibility index (Phi) is 8.79. The number of ether oxygens (including phenoxy) is 2. The van der Waals surface area contributed by atoms with E-state index in [1.807, 2.05) is 48.5 Å². The lowest BCUT2D eigenvalue weighted by molar-refractivity contribution is 0.0592. The summed E-state index contributed by atoms with van der Waals surface area (Å²) in [6, 6.07) is 17.3. The molecule has 2 N–H and O–H groups in total. The zero-order valence-electron chi connectivity index (χ0n) is 24.7. The summed E-state index contributed by atoms with van der Waals surface area (Å²) in [4.78, 5) is 37.7. The quantitative estimate of drug-likeness (QED) is 0.341. The molecule has 0 saturated heterocycles. The van der Waals surface area contributed by atoms with Gasteiger partial charge in [0.25, 0.3) is 0 Å². The van der Waals surface area contributed by atoms with E-state index in [0.717, 1.165) is 50.1 Å². The van der Waals surface area contributed by atoms with Crippen LogP contribution in [-0.2, 0) is 28.7 Å². The predicted octanol–water partition coefficient (Wildman–Crippen LogP) is 3.93. The number of nitrogens with zero attached hydrogens (tertiary/aromatic N) is 3. The van der Waals surface area contributed by atoms with E-state index < -0.39 is 5.76 Å². The van der Waals surface area contributed by atoms with Crippen LogP contribution in [0.4, 0.5) is 17.1 Å². The Balaban J connectivity index is 0.000000129. The molecule has 0 atom stereocenters. The van der Waals surface area contributed by atoms with Crippen molar-refractivity contribution in [3.63, 3.8) is 0 Å². The number of hydrogen-bond acceptors (Lipinski definition) is 10. The molecule has 0 aliphatic carbocycles. The molecular formula is C32H35N5O6. The van der Waals surface area contributed by atoms with Gasteiger partial charge in [0.15, 0.2) is 0 Å². The number of benzene rings is 3. The van der Waals surface area contributed by atoms with Crippen LogP contribution in [0, 0.1) is 0 Å². The third-order valence-electron chi connectivity index (χ3n) is 7.76. The number of H-pyrrole nitrogens is 1. The van der Waals surface area contributed by atoms with Gasteiger partial charge in [0.1, 0.15) is 0 Å². The fourth-order valence-corrected chi connectivity index (χ4v) is 5.41. The number of carbonyl (C=O) groups is 2. The lowest BCUT2D eigenvalue weighted by Crippen LogP contribution is -2.12. The highest BCUT2D eigenvalue weighted by Gasteiger charge is 2.18. The molecule has 11 nitrogen and oxygen atoms in total. The Hall–Kier alpha value is -5.06. The summed E-state index contributed by atoms with van der Waals surface area (Å²) < 4.78 is 14.2. The van der Waals surface area contributed by atoms with Gasteiger partial charge < -0.3 is 29.0 Å². The third-order valence-corrected chi connectivity index (χ3v) is 7.76. The van der Waals surface area contributed by atoms with E-state index in [1.54, 1.807) is 6.07 Å². The first-order chi connectivity index (χ1) is 20.8. The van der Waals surface area contributed by atoms with Crippen molar-refractivity contribution in [2.24, 2.45) is 0 Å². The highest BCUT2D eigenvalue weighted by Crippen LogP contribution is 2.30. The molecule has 0 fully saturated rings. The predicted molar refractivity (Wildman–Crippen MR) is 164 cm³/mol. The largest absolute Gasteiger partial charge is 0.465 e. The molecule has 4 heterocycles. The van der Waals surface area contributed by atoms with Gasteiger partial charge in [0.05, 0.1) is 25.3 Å². The molecule has 1 aromatic heterocycles. The lowest BCUT2D eigenvalue weighted by atomic mass is 10.1. The lowest BCUT2D eigenvalue weighted by Gasteiger charge is -2.11. The number of aromatic amines is 1. The van der Waals surface area contributed by atoms with Crippen LogP contribution in [-0.4, -0.2) is 70.1 Å². The van der Waals surface area contributed by atoms with E-state index in [2.05, 4.69) is 48.9 Å². The molecule has 11 heteroatoms. The van der Waals surface area contributed by atoms with Crippen molar-refractivity contribution in [2.45, 2.75) is 19.3 Å². The van der Waals surface area contributed by atoms with Crippen molar-refractivity contribution < 1.29 is 23.5 Å². The summed E-state index contributed by atoms with van der Waals surface area (Å²) in [5.74, 6) is -0.702. The fraction of sp³-hybridized carbons (Fsp3) is 0.312. The van der Waals surface area contributed by atoms with Gasteiger partial charge >= 0.3 is 17.7 Å². The molecule has 3 aliphatic rings. The first-order valence-electron chi connectivity index (χ1n) is 14.0. The Morgan fingerprint density at radius 1 is 0.791 bits per heavy atom. The minimum Gasteiger partial charge on any atom is -0.465 e. The highest BCUT2D eigenvalue weighted by atomic mass is 16.5. The number of aromatic nitrogens is 2. The molecule has 0 amide bonds. The normalized spacial score (nSPS) is 13.9. The first kappa shape index (κ1) is 29.4. The maximum atomic E-state index is 11.3. The van der Waals surface area contributed by atoms with Crippen molar-refractivity contribution in [3.8, 4) is 11.5 Å². The molecule has 4 aromatic rings. The molecule has 0 spiro atoms. The summed E-state index contributed by atoms with van der Waals surface area (Å²) in [7, 11) is 6.93. The van der Waals surface area contributed by atoms with E-state index >= 15 is 0 Å². The second kappa shape index (κ2) is 12.8. The highest BCUT2D eigenvalue weighted by molar-refractivity contribution is 5.91. The van der Waals surface area contributed by atoms with E-state index in [1.165, 1.54) is 42.3 Å². The molecule has 3 aromatic carbocycles. The van der Waals surface area contributed by atoms with Crippen LogP contribution in [0.2, 0.25) is 0 Å². The molecule has 7 rings (SSSR count). The maximum absolute atomic E-state index is 11.3. The van der Waals surface area contributed by atoms with Gasteiger partial charge in [-0.2, -0.15) is 0 Å². The number of likely N-dealkylation sites (N-methyl/N-ethyl adjacent to an activating group) is 2. The number of hydrogen-bond donors (Lipinski definition) is 2. The number of esters is 2. The number of carbonyl (C=O) groups excluding carboxylic acids is 2. The van der Waals surface area contributed by atoms with E-state index in [0.29, 0.717) is 17.0 Å². The van der Waals surface area contributed by atoms with Crippen LogP contribution in [0.3, 0.4) is 0 Å². The van der Waals surface area contributed by atoms with Crippen LogP contribution in [0.25, 0.3) is 11.5 Å². The smallest absolute Gasteiger partial charge is 0.434 e. The minimum atomic E-state index is -0.521. The number of fused-ring (bicyclic) bond motifs is 3. The Bertz CT molecular complexity index is 1690. The number of nitrogens with one attached hydrogen (secondary N) is 2. The van der Waals surface area contributed by atoms with Crippen LogP contribution < -0.4 is 20.9 Å². The van der Waals surface area contributed by atoms with Crippen molar-refractivity contribution in [3.05, 3.63) is 93.0 Å². The molecular weight excluding hydrogens is 550 g/mol. The molecule has 3 aliphatic heterocycles. The Morgan fingerprint density at radius 3 is 1.98 bits per heavy atom. The molecule has 43 heavy (non-hydrogen) atoms. The second-order valence-corrected chi connectivity index (χ2v) is 10.5. The molecule has 224 valence electrons. The van der Waals surface area contributed by atoms with Gasteiger partial charge in [-0.05, 0) is 90.6 Å². The average Bonchev–Trinajstić information content (AvgIpc) is 3.84. The second-order valence-electron chi connectivity index (χ2n) is 10.5. The Morgan fingerprint density at radius 2 is 1.37 bits per heavy atom. The van der Waals surface area contributed by atoms with E-state index in [9.17, 15) is 14.4 Å². The van der Waals surface area contributed by atoms with Crippen molar-refractivity contribution >= 4 is 29.0 Å². The molecule has 0 unspecified atom stereocenters. The summed E-state index contributed by atoms with van der Waals surface area (Å²) in [6.07, 6.45) is 3.02. The van der Waals surface area contributed by atoms with Crippen molar-refractivity contribution in [1.82, 2.24) is 10.2 Å². The van der Waals surface area contributed by atoms with Crippen LogP contribution in [0.1, 0.15) is 37.4 Å². The maximum Gasteiger partial charge on any atom is 0.434 e. The standard InChI is InChI=1S/C11H11N3O2.C11H13NO2.C10H11NO2/c1-14-5-4-7-6-8(2-3-9(7)14)10-12-13-11(15)16-10;1-12-6-5-8-7-9(11(13)14-2)3-4-10(8)12;1-13-10(12)8-2-3-9-7(6-8)4-5-11-9/h2-3,6H,4-5H2,1H3,(H,13,15);3-4,7H,5-6H2,1-2H3;2-3,6,11H,4-5H2,1H3. The number of anilines is 3. The van der Waals surface area contributed by atoms with Gasteiger partial charge in [0, 0.05) is 56.4 Å². The van der Waals surface area contributed by atoms with E-state index in [4.69, 9.17) is 4.42 Å². The van der Waals surface area contributed by atoms with Gasteiger partial charge in [-0.3, -0.25) is 0 Å². The fourth-order valence-electron chi connectivity index (χ4n) is 5.41. The average molecular weight is 586 g/mol. The van der Waals surface area contributed by atoms with Crippen LogP contribution >= 0.6 is 0 Å². The number of rotatable bonds is 3. The molecule has 0 radical (unpaired) electrons. The van der Waals surface area contributed by atoms with Gasteiger partial charge in [-0.1, -0.05) is 0 Å². The summed E-state index contributed by atoms with van der Waals surface area (Å²) in [5, 5.41) is 9.31. The zero-order valence-corrected chi connectivity index (χ0v) is 24.7. The SMILES string of the molecule is CN1CCc2cc(-c3n[nH]c(=O)o3)ccc21.COC(=O)c1ccc2c(c1)CCN2.COC(=O)c1ccc2c(c1)CCN2C. The summed E-state index contributed by atoms with van der Waals surface area (Å²) in [6.45, 7) is 3.02. The summed E-state index contributed by atoms with van der Waals surface area (Å²) >= 11 is 0.